The van der Waals surface area contributed by atoms with E-state index in [0.717, 1.165) is 6.42 Å². The Morgan fingerprint density at radius 3 is 2.55 bits per heavy atom. The van der Waals surface area contributed by atoms with Gasteiger partial charge in [-0.15, -0.1) is 0 Å². The molecule has 0 aromatic heterocycles. The predicted octanol–water partition coefficient (Wildman–Crippen LogP) is 2.56. The molecular formula is C15H21NO3S. The van der Waals surface area contributed by atoms with Crippen LogP contribution < -0.4 is 0 Å². The van der Waals surface area contributed by atoms with Gasteiger partial charge in [-0.1, -0.05) is 26.0 Å². The zero-order valence-electron chi connectivity index (χ0n) is 12.2. The minimum atomic E-state index is -3.49. The molecule has 0 bridgehead atoms. The van der Waals surface area contributed by atoms with Crippen molar-refractivity contribution in [1.82, 2.24) is 4.31 Å². The fourth-order valence-corrected chi connectivity index (χ4v) is 4.07. The average molecular weight is 295 g/mol. The van der Waals surface area contributed by atoms with E-state index in [4.69, 9.17) is 0 Å². The molecule has 1 aliphatic rings. The summed E-state index contributed by atoms with van der Waals surface area (Å²) in [5, 5.41) is 0. The second-order valence-corrected chi connectivity index (χ2v) is 7.63. The first kappa shape index (κ1) is 15.2. The predicted molar refractivity (Wildman–Crippen MR) is 78.2 cm³/mol. The highest BCUT2D eigenvalue weighted by molar-refractivity contribution is 7.89. The molecule has 1 fully saturated rings. The molecule has 1 aliphatic heterocycles. The average Bonchev–Trinajstić information content (AvgIpc) is 2.42. The van der Waals surface area contributed by atoms with Gasteiger partial charge >= 0.3 is 0 Å². The molecule has 20 heavy (non-hydrogen) atoms. The molecule has 1 heterocycles. The van der Waals surface area contributed by atoms with Gasteiger partial charge in [0.1, 0.15) is 0 Å². The lowest BCUT2D eigenvalue weighted by Gasteiger charge is -2.34. The van der Waals surface area contributed by atoms with Crippen molar-refractivity contribution in [3.63, 3.8) is 0 Å². The highest BCUT2D eigenvalue weighted by atomic mass is 32.2. The number of rotatable bonds is 3. The topological polar surface area (TPSA) is 54.5 Å². The summed E-state index contributed by atoms with van der Waals surface area (Å²) in [6, 6.07) is 6.30. The summed E-state index contributed by atoms with van der Waals surface area (Å²) in [7, 11) is -3.49. The summed E-state index contributed by atoms with van der Waals surface area (Å²) in [5.74, 6) is 0.780. The Labute approximate surface area is 120 Å². The van der Waals surface area contributed by atoms with Gasteiger partial charge in [-0.3, -0.25) is 4.79 Å². The summed E-state index contributed by atoms with van der Waals surface area (Å²) < 4.78 is 26.8. The van der Waals surface area contributed by atoms with Gasteiger partial charge in [0.15, 0.2) is 5.78 Å². The molecule has 1 aromatic rings. The van der Waals surface area contributed by atoms with E-state index in [9.17, 15) is 13.2 Å². The van der Waals surface area contributed by atoms with Gasteiger partial charge in [-0.2, -0.15) is 4.31 Å². The summed E-state index contributed by atoms with van der Waals surface area (Å²) in [5.41, 5.74) is 0.435. The number of ketones is 1. The molecule has 110 valence electrons. The Kier molecular flexibility index (Phi) is 4.30. The van der Waals surface area contributed by atoms with Crippen LogP contribution in [0.3, 0.4) is 0 Å². The molecule has 1 aromatic carbocycles. The third-order valence-corrected chi connectivity index (χ3v) is 6.04. The number of hydrogen-bond donors (Lipinski definition) is 0. The minimum Gasteiger partial charge on any atom is -0.295 e. The van der Waals surface area contributed by atoms with E-state index in [1.165, 1.54) is 17.3 Å². The van der Waals surface area contributed by atoms with Crippen molar-refractivity contribution in [3.05, 3.63) is 29.8 Å². The van der Waals surface area contributed by atoms with Gasteiger partial charge < -0.3 is 0 Å². The summed E-state index contributed by atoms with van der Waals surface area (Å²) in [4.78, 5) is 11.6. The summed E-state index contributed by atoms with van der Waals surface area (Å²) in [6.07, 6.45) is 0.882. The molecule has 2 unspecified atom stereocenters. The van der Waals surface area contributed by atoms with Crippen LogP contribution in [0, 0.1) is 11.8 Å². The van der Waals surface area contributed by atoms with Crippen molar-refractivity contribution in [2.24, 2.45) is 11.8 Å². The normalized spacial score (nSPS) is 24.6. The van der Waals surface area contributed by atoms with Crippen molar-refractivity contribution >= 4 is 15.8 Å². The first-order valence-electron chi connectivity index (χ1n) is 6.93. The quantitative estimate of drug-likeness (QED) is 0.805. The van der Waals surface area contributed by atoms with Gasteiger partial charge in [-0.05, 0) is 37.3 Å². The van der Waals surface area contributed by atoms with Crippen molar-refractivity contribution < 1.29 is 13.2 Å². The number of piperidine rings is 1. The molecule has 0 saturated carbocycles. The molecule has 0 radical (unpaired) electrons. The molecule has 0 spiro atoms. The Hall–Kier alpha value is -1.20. The fourth-order valence-electron chi connectivity index (χ4n) is 2.47. The largest absolute Gasteiger partial charge is 0.295 e. The van der Waals surface area contributed by atoms with Gasteiger partial charge in [0.05, 0.1) is 4.90 Å². The monoisotopic (exact) mass is 295 g/mol. The van der Waals surface area contributed by atoms with Crippen LogP contribution in [0.4, 0.5) is 0 Å². The first-order valence-corrected chi connectivity index (χ1v) is 8.37. The number of nitrogens with zero attached hydrogens (tertiary/aromatic N) is 1. The third kappa shape index (κ3) is 2.94. The van der Waals surface area contributed by atoms with E-state index in [-0.39, 0.29) is 10.7 Å². The maximum Gasteiger partial charge on any atom is 0.243 e. The molecule has 0 amide bonds. The first-order chi connectivity index (χ1) is 9.32. The summed E-state index contributed by atoms with van der Waals surface area (Å²) >= 11 is 0. The molecule has 2 rings (SSSR count). The number of sulfonamides is 1. The standard InChI is InChI=1S/C15H21NO3S/c1-11-7-8-16(10-12(11)2)20(18,19)15-6-4-5-14(9-15)13(3)17/h4-6,9,11-12H,7-8,10H2,1-3H3. The number of hydrogen-bond acceptors (Lipinski definition) is 3. The van der Waals surface area contributed by atoms with Crippen LogP contribution in [-0.2, 0) is 10.0 Å². The number of carbonyl (C=O) groups is 1. The number of carbonyl (C=O) groups excluding carboxylic acids is 1. The van der Waals surface area contributed by atoms with E-state index < -0.39 is 10.0 Å². The lowest BCUT2D eigenvalue weighted by Crippen LogP contribution is -2.42. The molecular weight excluding hydrogens is 274 g/mol. The van der Waals surface area contributed by atoms with E-state index >= 15 is 0 Å². The second kappa shape index (κ2) is 5.66. The second-order valence-electron chi connectivity index (χ2n) is 5.69. The number of benzene rings is 1. The van der Waals surface area contributed by atoms with Crippen molar-refractivity contribution in [3.8, 4) is 0 Å². The zero-order valence-corrected chi connectivity index (χ0v) is 13.0. The molecule has 5 heteroatoms. The van der Waals surface area contributed by atoms with Crippen molar-refractivity contribution in [1.29, 1.82) is 0 Å². The third-order valence-electron chi connectivity index (χ3n) is 4.18. The smallest absolute Gasteiger partial charge is 0.243 e. The SMILES string of the molecule is CC(=O)c1cccc(S(=O)(=O)N2CCC(C)C(C)C2)c1. The van der Waals surface area contributed by atoms with Gasteiger partial charge in [-0.25, -0.2) is 8.42 Å². The van der Waals surface area contributed by atoms with Gasteiger partial charge in [0.2, 0.25) is 10.0 Å². The fraction of sp³-hybridized carbons (Fsp3) is 0.533. The highest BCUT2D eigenvalue weighted by Crippen LogP contribution is 2.27. The molecule has 4 nitrogen and oxygen atoms in total. The lowest BCUT2D eigenvalue weighted by atomic mass is 9.90. The molecule has 0 aliphatic carbocycles. The van der Waals surface area contributed by atoms with Crippen molar-refractivity contribution in [2.45, 2.75) is 32.1 Å². The lowest BCUT2D eigenvalue weighted by molar-refractivity contribution is 0.101. The Balaban J connectivity index is 2.31. The maximum absolute atomic E-state index is 12.6. The Morgan fingerprint density at radius 2 is 1.95 bits per heavy atom. The highest BCUT2D eigenvalue weighted by Gasteiger charge is 2.31. The Bertz CT molecular complexity index is 609. The van der Waals surface area contributed by atoms with Gasteiger partial charge in [0, 0.05) is 18.7 Å². The van der Waals surface area contributed by atoms with Crippen LogP contribution in [0.15, 0.2) is 29.2 Å². The van der Waals surface area contributed by atoms with Crippen LogP contribution >= 0.6 is 0 Å². The Morgan fingerprint density at radius 1 is 1.25 bits per heavy atom. The van der Waals surface area contributed by atoms with Crippen LogP contribution in [-0.4, -0.2) is 31.6 Å². The van der Waals surface area contributed by atoms with Gasteiger partial charge in [0.25, 0.3) is 0 Å². The minimum absolute atomic E-state index is 0.123. The molecule has 0 N–H and O–H groups in total. The summed E-state index contributed by atoms with van der Waals surface area (Å²) in [6.45, 7) is 6.78. The zero-order chi connectivity index (χ0) is 14.9. The van der Waals surface area contributed by atoms with E-state index in [0.29, 0.717) is 30.5 Å². The molecule has 2 atom stereocenters. The van der Waals surface area contributed by atoms with Crippen LogP contribution in [0.5, 0.6) is 0 Å². The number of Topliss-reactive ketones (excluding diaryl/α,β-unsaturated/α-hetero) is 1. The van der Waals surface area contributed by atoms with E-state index in [1.807, 2.05) is 0 Å². The van der Waals surface area contributed by atoms with E-state index in [2.05, 4.69) is 13.8 Å². The van der Waals surface area contributed by atoms with Crippen LogP contribution in [0.2, 0.25) is 0 Å². The van der Waals surface area contributed by atoms with Crippen LogP contribution in [0.1, 0.15) is 37.6 Å². The van der Waals surface area contributed by atoms with Crippen LogP contribution in [0.25, 0.3) is 0 Å². The van der Waals surface area contributed by atoms with Crippen molar-refractivity contribution in [2.75, 3.05) is 13.1 Å². The maximum atomic E-state index is 12.6. The van der Waals surface area contributed by atoms with E-state index in [1.54, 1.807) is 18.2 Å². The molecule has 1 saturated heterocycles.